The lowest BCUT2D eigenvalue weighted by molar-refractivity contribution is -0.141. The molecule has 0 bridgehead atoms. The first-order chi connectivity index (χ1) is 8.52. The number of hydrogen-bond acceptors (Lipinski definition) is 2. The minimum atomic E-state index is -0.987. The summed E-state index contributed by atoms with van der Waals surface area (Å²) >= 11 is 3.33. The maximum atomic E-state index is 11.7. The Morgan fingerprint density at radius 2 is 2.17 bits per heavy atom. The second-order valence-corrected chi connectivity index (χ2v) is 4.97. The molecule has 1 aromatic rings. The third-order valence-electron chi connectivity index (χ3n) is 2.46. The number of nitrogens with one attached hydrogen (secondary N) is 1. The molecular formula is C13H16BrNO3. The smallest absolute Gasteiger partial charge is 0.326 e. The predicted octanol–water partition coefficient (Wildman–Crippen LogP) is 2.36. The summed E-state index contributed by atoms with van der Waals surface area (Å²) in [7, 11) is 0. The van der Waals surface area contributed by atoms with Gasteiger partial charge in [-0.3, -0.25) is 4.79 Å². The Morgan fingerprint density at radius 1 is 1.44 bits per heavy atom. The summed E-state index contributed by atoms with van der Waals surface area (Å²) in [4.78, 5) is 22.6. The molecule has 0 unspecified atom stereocenters. The number of halogens is 1. The number of rotatable bonds is 6. The molecule has 0 heterocycles. The molecule has 0 radical (unpaired) electrons. The van der Waals surface area contributed by atoms with Crippen LogP contribution in [0.25, 0.3) is 0 Å². The van der Waals surface area contributed by atoms with Crippen LogP contribution in [0, 0.1) is 0 Å². The molecule has 18 heavy (non-hydrogen) atoms. The second-order valence-electron chi connectivity index (χ2n) is 4.05. The highest BCUT2D eigenvalue weighted by atomic mass is 79.9. The Kier molecular flexibility index (Phi) is 5.85. The molecule has 0 spiro atoms. The first-order valence-corrected chi connectivity index (χ1v) is 6.59. The van der Waals surface area contributed by atoms with Gasteiger partial charge in [0.2, 0.25) is 5.91 Å². The summed E-state index contributed by atoms with van der Waals surface area (Å²) in [5.74, 6) is -1.26. The molecule has 1 aromatic carbocycles. The van der Waals surface area contributed by atoms with Crippen LogP contribution in [0.4, 0.5) is 0 Å². The van der Waals surface area contributed by atoms with Gasteiger partial charge in [-0.05, 0) is 24.1 Å². The molecule has 5 heteroatoms. The van der Waals surface area contributed by atoms with E-state index in [1.54, 1.807) is 0 Å². The van der Waals surface area contributed by atoms with Crippen molar-refractivity contribution in [3.8, 4) is 0 Å². The molecule has 0 saturated heterocycles. The van der Waals surface area contributed by atoms with Crippen molar-refractivity contribution < 1.29 is 14.7 Å². The number of carbonyl (C=O) groups excluding carboxylic acids is 1. The van der Waals surface area contributed by atoms with E-state index in [1.807, 2.05) is 31.2 Å². The van der Waals surface area contributed by atoms with Crippen LogP contribution < -0.4 is 5.32 Å². The van der Waals surface area contributed by atoms with E-state index >= 15 is 0 Å². The monoisotopic (exact) mass is 313 g/mol. The van der Waals surface area contributed by atoms with E-state index in [0.29, 0.717) is 12.8 Å². The first-order valence-electron chi connectivity index (χ1n) is 5.79. The van der Waals surface area contributed by atoms with Crippen LogP contribution in [0.15, 0.2) is 28.7 Å². The fourth-order valence-corrected chi connectivity index (χ4v) is 2.07. The average molecular weight is 314 g/mol. The number of carbonyl (C=O) groups is 2. The van der Waals surface area contributed by atoms with Crippen LogP contribution in [0.2, 0.25) is 0 Å². The van der Waals surface area contributed by atoms with E-state index < -0.39 is 12.0 Å². The molecule has 1 atom stereocenters. The summed E-state index contributed by atoms with van der Waals surface area (Å²) in [5, 5.41) is 11.5. The molecular weight excluding hydrogens is 298 g/mol. The summed E-state index contributed by atoms with van der Waals surface area (Å²) in [6.45, 7) is 1.89. The molecule has 2 N–H and O–H groups in total. The highest BCUT2D eigenvalue weighted by molar-refractivity contribution is 9.10. The largest absolute Gasteiger partial charge is 0.480 e. The van der Waals surface area contributed by atoms with Crippen LogP contribution in [0.3, 0.4) is 0 Å². The minimum Gasteiger partial charge on any atom is -0.480 e. The normalized spacial score (nSPS) is 11.9. The molecule has 0 aliphatic rings. The van der Waals surface area contributed by atoms with E-state index in [1.165, 1.54) is 0 Å². The van der Waals surface area contributed by atoms with Crippen LogP contribution >= 0.6 is 15.9 Å². The van der Waals surface area contributed by atoms with Gasteiger partial charge in [0.05, 0.1) is 6.42 Å². The van der Waals surface area contributed by atoms with E-state index in [-0.39, 0.29) is 12.3 Å². The zero-order chi connectivity index (χ0) is 13.5. The quantitative estimate of drug-likeness (QED) is 0.847. The van der Waals surface area contributed by atoms with Crippen molar-refractivity contribution in [1.82, 2.24) is 5.32 Å². The van der Waals surface area contributed by atoms with Gasteiger partial charge in [0.15, 0.2) is 0 Å². The highest BCUT2D eigenvalue weighted by Crippen LogP contribution is 2.12. The van der Waals surface area contributed by atoms with Crippen LogP contribution in [0.1, 0.15) is 25.3 Å². The number of carboxylic acid groups (broad SMARTS) is 1. The van der Waals surface area contributed by atoms with E-state index in [9.17, 15) is 9.59 Å². The van der Waals surface area contributed by atoms with E-state index in [0.717, 1.165) is 10.0 Å². The van der Waals surface area contributed by atoms with Crippen molar-refractivity contribution >= 4 is 27.8 Å². The van der Waals surface area contributed by atoms with Crippen LogP contribution in [-0.4, -0.2) is 23.0 Å². The number of hydrogen-bond donors (Lipinski definition) is 2. The number of amides is 1. The maximum absolute atomic E-state index is 11.7. The van der Waals surface area contributed by atoms with Gasteiger partial charge < -0.3 is 10.4 Å². The summed E-state index contributed by atoms with van der Waals surface area (Å²) in [6.07, 6.45) is 1.35. The summed E-state index contributed by atoms with van der Waals surface area (Å²) in [6, 6.07) is 6.59. The predicted molar refractivity (Wildman–Crippen MR) is 72.3 cm³/mol. The zero-order valence-electron chi connectivity index (χ0n) is 10.1. The van der Waals surface area contributed by atoms with Gasteiger partial charge in [-0.25, -0.2) is 4.79 Å². The number of carboxylic acids is 1. The summed E-state index contributed by atoms with van der Waals surface area (Å²) < 4.78 is 0.899. The Morgan fingerprint density at radius 3 is 2.72 bits per heavy atom. The van der Waals surface area contributed by atoms with Gasteiger partial charge in [0.1, 0.15) is 6.04 Å². The Labute approximate surface area is 115 Å². The Balaban J connectivity index is 2.57. The molecule has 98 valence electrons. The molecule has 0 saturated carbocycles. The lowest BCUT2D eigenvalue weighted by atomic mass is 10.1. The van der Waals surface area contributed by atoms with Gasteiger partial charge in [0, 0.05) is 4.47 Å². The SMILES string of the molecule is CCC[C@H](NC(=O)Cc1cccc(Br)c1)C(=O)O. The maximum Gasteiger partial charge on any atom is 0.326 e. The molecule has 1 rings (SSSR count). The third-order valence-corrected chi connectivity index (χ3v) is 2.96. The topological polar surface area (TPSA) is 66.4 Å². The minimum absolute atomic E-state index is 0.187. The van der Waals surface area contributed by atoms with E-state index in [2.05, 4.69) is 21.2 Å². The van der Waals surface area contributed by atoms with Gasteiger partial charge in [-0.2, -0.15) is 0 Å². The number of benzene rings is 1. The first kappa shape index (κ1) is 14.7. The van der Waals surface area contributed by atoms with Gasteiger partial charge in [-0.15, -0.1) is 0 Å². The van der Waals surface area contributed by atoms with Crippen molar-refractivity contribution in [3.05, 3.63) is 34.3 Å². The van der Waals surface area contributed by atoms with Crippen LogP contribution in [0.5, 0.6) is 0 Å². The van der Waals surface area contributed by atoms with Gasteiger partial charge in [-0.1, -0.05) is 41.4 Å². The second kappa shape index (κ2) is 7.16. The molecule has 0 aromatic heterocycles. The Hall–Kier alpha value is -1.36. The summed E-state index contributed by atoms with van der Waals surface area (Å²) in [5.41, 5.74) is 0.850. The molecule has 0 aliphatic heterocycles. The standard InChI is InChI=1S/C13H16BrNO3/c1-2-4-11(13(17)18)15-12(16)8-9-5-3-6-10(14)7-9/h3,5-7,11H,2,4,8H2,1H3,(H,15,16)(H,17,18)/t11-/m0/s1. The van der Waals surface area contributed by atoms with Crippen molar-refractivity contribution in [2.24, 2.45) is 0 Å². The highest BCUT2D eigenvalue weighted by Gasteiger charge is 2.18. The van der Waals surface area contributed by atoms with Crippen LogP contribution in [-0.2, 0) is 16.0 Å². The van der Waals surface area contributed by atoms with Crippen molar-refractivity contribution in [1.29, 1.82) is 0 Å². The van der Waals surface area contributed by atoms with Crippen molar-refractivity contribution in [3.63, 3.8) is 0 Å². The van der Waals surface area contributed by atoms with Gasteiger partial charge >= 0.3 is 5.97 Å². The third kappa shape index (κ3) is 4.87. The molecule has 0 aliphatic carbocycles. The molecule has 1 amide bonds. The van der Waals surface area contributed by atoms with Crippen molar-refractivity contribution in [2.45, 2.75) is 32.2 Å². The molecule has 0 fully saturated rings. The van der Waals surface area contributed by atoms with Gasteiger partial charge in [0.25, 0.3) is 0 Å². The fourth-order valence-electron chi connectivity index (χ4n) is 1.62. The van der Waals surface area contributed by atoms with Crippen molar-refractivity contribution in [2.75, 3.05) is 0 Å². The van der Waals surface area contributed by atoms with E-state index in [4.69, 9.17) is 5.11 Å². The lowest BCUT2D eigenvalue weighted by Crippen LogP contribution is -2.41. The zero-order valence-corrected chi connectivity index (χ0v) is 11.7. The number of aliphatic carboxylic acids is 1. The fraction of sp³-hybridized carbons (Fsp3) is 0.385. The lowest BCUT2D eigenvalue weighted by Gasteiger charge is -2.13. The molecule has 4 nitrogen and oxygen atoms in total. The average Bonchev–Trinajstić information content (AvgIpc) is 2.28. The Bertz CT molecular complexity index is 434.